The summed E-state index contributed by atoms with van der Waals surface area (Å²) in [5.41, 5.74) is 2.62. The Balaban J connectivity index is 1.53. The van der Waals surface area contributed by atoms with Gasteiger partial charge in [0.1, 0.15) is 0 Å². The minimum atomic E-state index is 0.678. The van der Waals surface area contributed by atoms with Gasteiger partial charge < -0.3 is 15.2 Å². The average Bonchev–Trinajstić information content (AvgIpc) is 2.90. The summed E-state index contributed by atoms with van der Waals surface area (Å²) >= 11 is 0. The zero-order chi connectivity index (χ0) is 13.8. The number of nitrogens with one attached hydrogen (secondary N) is 2. The Morgan fingerprint density at radius 2 is 2.05 bits per heavy atom. The number of aromatic amines is 1. The van der Waals surface area contributed by atoms with Gasteiger partial charge in [0.05, 0.1) is 0 Å². The molecule has 2 aromatic rings. The molecule has 2 N–H and O–H groups in total. The summed E-state index contributed by atoms with van der Waals surface area (Å²) in [5, 5.41) is 5.08. The number of aromatic nitrogens is 1. The molecule has 3 rings (SSSR count). The van der Waals surface area contributed by atoms with Crippen LogP contribution in [-0.4, -0.2) is 35.6 Å². The maximum absolute atomic E-state index is 3.73. The SMILES string of the molecule is CCCN1CCC(NCc2c[nH]c3ccccc23)CC1. The standard InChI is InChI=1S/C17H25N3/c1-2-9-20-10-7-15(8-11-20)18-12-14-13-19-17-6-4-3-5-16(14)17/h3-6,13,15,18-19H,2,7-12H2,1H3. The molecule has 1 fully saturated rings. The van der Waals surface area contributed by atoms with Crippen LogP contribution in [0.1, 0.15) is 31.7 Å². The molecule has 2 heterocycles. The highest BCUT2D eigenvalue weighted by atomic mass is 15.1. The number of piperidine rings is 1. The lowest BCUT2D eigenvalue weighted by molar-refractivity contribution is 0.197. The fourth-order valence-electron chi connectivity index (χ4n) is 3.21. The van der Waals surface area contributed by atoms with Crippen LogP contribution in [0.4, 0.5) is 0 Å². The number of H-pyrrole nitrogens is 1. The largest absolute Gasteiger partial charge is 0.361 e. The summed E-state index contributed by atoms with van der Waals surface area (Å²) in [6.45, 7) is 7.00. The van der Waals surface area contributed by atoms with Gasteiger partial charge in [-0.15, -0.1) is 0 Å². The van der Waals surface area contributed by atoms with Crippen LogP contribution >= 0.6 is 0 Å². The van der Waals surface area contributed by atoms with Gasteiger partial charge in [-0.2, -0.15) is 0 Å². The van der Waals surface area contributed by atoms with Crippen molar-refractivity contribution in [3.63, 3.8) is 0 Å². The summed E-state index contributed by atoms with van der Waals surface area (Å²) < 4.78 is 0. The number of likely N-dealkylation sites (tertiary alicyclic amines) is 1. The lowest BCUT2D eigenvalue weighted by atomic mass is 10.0. The quantitative estimate of drug-likeness (QED) is 0.875. The monoisotopic (exact) mass is 271 g/mol. The zero-order valence-electron chi connectivity index (χ0n) is 12.4. The summed E-state index contributed by atoms with van der Waals surface area (Å²) in [4.78, 5) is 5.94. The predicted octanol–water partition coefficient (Wildman–Crippen LogP) is 3.13. The Bertz CT molecular complexity index is 538. The number of fused-ring (bicyclic) bond motifs is 1. The third-order valence-electron chi connectivity index (χ3n) is 4.38. The first kappa shape index (κ1) is 13.7. The first-order valence-electron chi connectivity index (χ1n) is 7.87. The van der Waals surface area contributed by atoms with Gasteiger partial charge in [0, 0.05) is 29.7 Å². The second-order valence-corrected chi connectivity index (χ2v) is 5.86. The molecule has 3 heteroatoms. The Morgan fingerprint density at radius 3 is 2.85 bits per heavy atom. The van der Waals surface area contributed by atoms with Crippen molar-refractivity contribution >= 4 is 10.9 Å². The molecule has 0 radical (unpaired) electrons. The van der Waals surface area contributed by atoms with Gasteiger partial charge in [-0.1, -0.05) is 25.1 Å². The summed E-state index contributed by atoms with van der Waals surface area (Å²) in [6.07, 6.45) is 5.97. The van der Waals surface area contributed by atoms with Crippen molar-refractivity contribution in [2.24, 2.45) is 0 Å². The van der Waals surface area contributed by atoms with Crippen LogP contribution < -0.4 is 5.32 Å². The fraction of sp³-hybridized carbons (Fsp3) is 0.529. The minimum Gasteiger partial charge on any atom is -0.361 e. The fourth-order valence-corrected chi connectivity index (χ4v) is 3.21. The van der Waals surface area contributed by atoms with Crippen LogP contribution in [0.5, 0.6) is 0 Å². The van der Waals surface area contributed by atoms with Gasteiger partial charge in [-0.05, 0) is 50.5 Å². The molecule has 0 unspecified atom stereocenters. The van der Waals surface area contributed by atoms with Crippen LogP contribution in [0.3, 0.4) is 0 Å². The molecular weight excluding hydrogens is 246 g/mol. The van der Waals surface area contributed by atoms with Gasteiger partial charge in [0.25, 0.3) is 0 Å². The number of hydrogen-bond donors (Lipinski definition) is 2. The van der Waals surface area contributed by atoms with E-state index < -0.39 is 0 Å². The maximum Gasteiger partial charge on any atom is 0.0457 e. The first-order chi connectivity index (χ1) is 9.86. The van der Waals surface area contributed by atoms with E-state index in [1.54, 1.807) is 0 Å². The molecule has 1 saturated heterocycles. The third kappa shape index (κ3) is 3.05. The summed E-state index contributed by atoms with van der Waals surface area (Å²) in [7, 11) is 0. The lowest BCUT2D eigenvalue weighted by Gasteiger charge is -2.32. The smallest absolute Gasteiger partial charge is 0.0457 e. The second-order valence-electron chi connectivity index (χ2n) is 5.86. The van der Waals surface area contributed by atoms with Crippen LogP contribution in [0.25, 0.3) is 10.9 Å². The van der Waals surface area contributed by atoms with E-state index in [-0.39, 0.29) is 0 Å². The van der Waals surface area contributed by atoms with Crippen LogP contribution in [0.2, 0.25) is 0 Å². The van der Waals surface area contributed by atoms with Gasteiger partial charge in [0.2, 0.25) is 0 Å². The van der Waals surface area contributed by atoms with Crippen molar-refractivity contribution in [3.8, 4) is 0 Å². The van der Waals surface area contributed by atoms with E-state index in [1.165, 1.54) is 55.4 Å². The van der Waals surface area contributed by atoms with Crippen LogP contribution in [-0.2, 0) is 6.54 Å². The Kier molecular flexibility index (Phi) is 4.38. The van der Waals surface area contributed by atoms with E-state index >= 15 is 0 Å². The van der Waals surface area contributed by atoms with Crippen molar-refractivity contribution in [1.82, 2.24) is 15.2 Å². The van der Waals surface area contributed by atoms with E-state index in [1.807, 2.05) is 0 Å². The second kappa shape index (κ2) is 6.42. The van der Waals surface area contributed by atoms with Gasteiger partial charge >= 0.3 is 0 Å². The third-order valence-corrected chi connectivity index (χ3v) is 4.38. The molecule has 1 aromatic heterocycles. The van der Waals surface area contributed by atoms with Crippen LogP contribution in [0.15, 0.2) is 30.5 Å². The van der Waals surface area contributed by atoms with Crippen molar-refractivity contribution < 1.29 is 0 Å². The van der Waals surface area contributed by atoms with Crippen molar-refractivity contribution in [2.75, 3.05) is 19.6 Å². The number of hydrogen-bond acceptors (Lipinski definition) is 2. The maximum atomic E-state index is 3.73. The van der Waals surface area contributed by atoms with E-state index in [0.717, 1.165) is 6.54 Å². The highest BCUT2D eigenvalue weighted by Crippen LogP contribution is 2.18. The number of rotatable bonds is 5. The number of benzene rings is 1. The Hall–Kier alpha value is -1.32. The van der Waals surface area contributed by atoms with Gasteiger partial charge in [0.15, 0.2) is 0 Å². The van der Waals surface area contributed by atoms with Crippen LogP contribution in [0, 0.1) is 0 Å². The molecule has 3 nitrogen and oxygen atoms in total. The normalized spacial score (nSPS) is 17.9. The molecule has 0 atom stereocenters. The zero-order valence-corrected chi connectivity index (χ0v) is 12.4. The van der Waals surface area contributed by atoms with Gasteiger partial charge in [-0.25, -0.2) is 0 Å². The lowest BCUT2D eigenvalue weighted by Crippen LogP contribution is -2.42. The van der Waals surface area contributed by atoms with Crippen molar-refractivity contribution in [2.45, 2.75) is 38.8 Å². The summed E-state index contributed by atoms with van der Waals surface area (Å²) in [5.74, 6) is 0. The average molecular weight is 271 g/mol. The van der Waals surface area contributed by atoms with E-state index in [0.29, 0.717) is 6.04 Å². The van der Waals surface area contributed by atoms with Gasteiger partial charge in [-0.3, -0.25) is 0 Å². The first-order valence-corrected chi connectivity index (χ1v) is 7.87. The van der Waals surface area contributed by atoms with E-state index in [4.69, 9.17) is 0 Å². The minimum absolute atomic E-state index is 0.678. The number of nitrogens with zero attached hydrogens (tertiary/aromatic N) is 1. The van der Waals surface area contributed by atoms with Crippen molar-refractivity contribution in [1.29, 1.82) is 0 Å². The number of para-hydroxylation sites is 1. The molecule has 1 aliphatic heterocycles. The molecule has 1 aliphatic rings. The molecule has 20 heavy (non-hydrogen) atoms. The van der Waals surface area contributed by atoms with E-state index in [2.05, 4.69) is 52.6 Å². The topological polar surface area (TPSA) is 31.1 Å². The summed E-state index contributed by atoms with van der Waals surface area (Å²) in [6, 6.07) is 9.22. The molecule has 0 saturated carbocycles. The van der Waals surface area contributed by atoms with Crippen molar-refractivity contribution in [3.05, 3.63) is 36.0 Å². The highest BCUT2D eigenvalue weighted by molar-refractivity contribution is 5.82. The molecular formula is C17H25N3. The molecule has 0 spiro atoms. The van der Waals surface area contributed by atoms with E-state index in [9.17, 15) is 0 Å². The Labute approximate surface area is 121 Å². The molecule has 1 aromatic carbocycles. The molecule has 0 bridgehead atoms. The highest BCUT2D eigenvalue weighted by Gasteiger charge is 2.18. The molecule has 0 aliphatic carbocycles. The Morgan fingerprint density at radius 1 is 1.25 bits per heavy atom. The molecule has 108 valence electrons. The molecule has 0 amide bonds. The predicted molar refractivity (Wildman–Crippen MR) is 84.9 cm³/mol.